The Labute approximate surface area is 118 Å². The largest absolute Gasteiger partial charge is 0.276 e. The van der Waals surface area contributed by atoms with Gasteiger partial charge in [0.1, 0.15) is 0 Å². The Bertz CT molecular complexity index is 747. The Morgan fingerprint density at radius 2 is 2.10 bits per heavy atom. The average Bonchev–Trinajstić information content (AvgIpc) is 2.78. The standard InChI is InChI=1S/C13H16N4O2S/c1-10-4-5-11(2)13(6-10)20(18,19)16-14-7-12-8-15-17(3)9-12/h4-9,16H,1-3H3/b14-7+. The summed E-state index contributed by atoms with van der Waals surface area (Å²) in [7, 11) is -1.88. The van der Waals surface area contributed by atoms with E-state index in [0.717, 1.165) is 11.1 Å². The fourth-order valence-corrected chi connectivity index (χ4v) is 2.85. The van der Waals surface area contributed by atoms with Crippen LogP contribution in [0, 0.1) is 13.8 Å². The lowest BCUT2D eigenvalue weighted by molar-refractivity contribution is 0.584. The summed E-state index contributed by atoms with van der Waals surface area (Å²) in [6.45, 7) is 3.59. The summed E-state index contributed by atoms with van der Waals surface area (Å²) in [5.41, 5.74) is 2.28. The Morgan fingerprint density at radius 3 is 2.75 bits per heavy atom. The van der Waals surface area contributed by atoms with Crippen LogP contribution in [0.15, 0.2) is 40.6 Å². The topological polar surface area (TPSA) is 76.3 Å². The van der Waals surface area contributed by atoms with Crippen molar-refractivity contribution < 1.29 is 8.42 Å². The van der Waals surface area contributed by atoms with Gasteiger partial charge in [-0.15, -0.1) is 0 Å². The molecule has 0 aliphatic rings. The summed E-state index contributed by atoms with van der Waals surface area (Å²) >= 11 is 0. The molecule has 0 bridgehead atoms. The van der Waals surface area contributed by atoms with E-state index in [0.29, 0.717) is 5.56 Å². The highest BCUT2D eigenvalue weighted by Crippen LogP contribution is 2.16. The van der Waals surface area contributed by atoms with Gasteiger partial charge in [-0.25, -0.2) is 4.83 Å². The zero-order valence-electron chi connectivity index (χ0n) is 11.5. The Kier molecular flexibility index (Phi) is 3.89. The molecule has 0 aliphatic carbocycles. The number of nitrogens with one attached hydrogen (secondary N) is 1. The molecule has 0 amide bonds. The van der Waals surface area contributed by atoms with Gasteiger partial charge in [-0.05, 0) is 31.0 Å². The molecule has 1 aromatic heterocycles. The fourth-order valence-electron chi connectivity index (χ4n) is 1.72. The van der Waals surface area contributed by atoms with E-state index >= 15 is 0 Å². The minimum Gasteiger partial charge on any atom is -0.275 e. The molecule has 0 unspecified atom stereocenters. The molecular weight excluding hydrogens is 276 g/mol. The van der Waals surface area contributed by atoms with Crippen molar-refractivity contribution in [3.8, 4) is 0 Å². The highest BCUT2D eigenvalue weighted by atomic mass is 32.2. The summed E-state index contributed by atoms with van der Waals surface area (Å²) in [5.74, 6) is 0. The highest BCUT2D eigenvalue weighted by Gasteiger charge is 2.15. The maximum absolute atomic E-state index is 12.2. The van der Waals surface area contributed by atoms with Crippen molar-refractivity contribution in [1.82, 2.24) is 14.6 Å². The van der Waals surface area contributed by atoms with Crippen LogP contribution in [0.5, 0.6) is 0 Å². The molecule has 0 spiro atoms. The summed E-state index contributed by atoms with van der Waals surface area (Å²) in [4.78, 5) is 2.44. The zero-order valence-corrected chi connectivity index (χ0v) is 12.3. The first-order valence-electron chi connectivity index (χ1n) is 5.99. The Balaban J connectivity index is 2.19. The van der Waals surface area contributed by atoms with Gasteiger partial charge in [-0.1, -0.05) is 12.1 Å². The molecule has 0 saturated carbocycles. The van der Waals surface area contributed by atoms with Crippen molar-refractivity contribution in [2.24, 2.45) is 12.1 Å². The van der Waals surface area contributed by atoms with Gasteiger partial charge >= 0.3 is 0 Å². The van der Waals surface area contributed by atoms with E-state index < -0.39 is 10.0 Å². The molecule has 0 radical (unpaired) electrons. The number of rotatable bonds is 4. The molecule has 0 atom stereocenters. The van der Waals surface area contributed by atoms with Gasteiger partial charge in [0.15, 0.2) is 0 Å². The lowest BCUT2D eigenvalue weighted by atomic mass is 10.2. The first kappa shape index (κ1) is 14.3. The van der Waals surface area contributed by atoms with E-state index in [2.05, 4.69) is 15.0 Å². The number of nitrogens with zero attached hydrogens (tertiary/aromatic N) is 3. The van der Waals surface area contributed by atoms with Crippen LogP contribution >= 0.6 is 0 Å². The SMILES string of the molecule is Cc1ccc(C)c(S(=O)(=O)N/N=C/c2cnn(C)c2)c1. The highest BCUT2D eigenvalue weighted by molar-refractivity contribution is 7.89. The van der Waals surface area contributed by atoms with Crippen molar-refractivity contribution in [2.75, 3.05) is 0 Å². The normalized spacial score (nSPS) is 11.9. The average molecular weight is 292 g/mol. The van der Waals surface area contributed by atoms with Crippen LogP contribution in [0.2, 0.25) is 0 Å². The molecule has 0 aliphatic heterocycles. The van der Waals surface area contributed by atoms with Crippen LogP contribution in [0.3, 0.4) is 0 Å². The van der Waals surface area contributed by atoms with Crippen molar-refractivity contribution in [3.05, 3.63) is 47.3 Å². The van der Waals surface area contributed by atoms with Gasteiger partial charge < -0.3 is 0 Å². The second kappa shape index (κ2) is 5.46. The number of hydrogen-bond donors (Lipinski definition) is 1. The van der Waals surface area contributed by atoms with Gasteiger partial charge in [0.05, 0.1) is 17.3 Å². The van der Waals surface area contributed by atoms with Gasteiger partial charge in [0, 0.05) is 18.8 Å². The van der Waals surface area contributed by atoms with Crippen molar-refractivity contribution in [3.63, 3.8) is 0 Å². The lowest BCUT2D eigenvalue weighted by Crippen LogP contribution is -2.19. The molecule has 106 valence electrons. The summed E-state index contributed by atoms with van der Waals surface area (Å²) < 4.78 is 25.9. The summed E-state index contributed by atoms with van der Waals surface area (Å²) in [6, 6.07) is 5.26. The lowest BCUT2D eigenvalue weighted by Gasteiger charge is -2.07. The molecule has 20 heavy (non-hydrogen) atoms. The molecule has 0 fully saturated rings. The molecule has 2 aromatic rings. The molecule has 6 nitrogen and oxygen atoms in total. The number of hydrogen-bond acceptors (Lipinski definition) is 4. The first-order valence-corrected chi connectivity index (χ1v) is 7.47. The molecule has 7 heteroatoms. The second-order valence-electron chi connectivity index (χ2n) is 4.57. The van der Waals surface area contributed by atoms with E-state index in [9.17, 15) is 8.42 Å². The number of aryl methyl sites for hydroxylation is 3. The van der Waals surface area contributed by atoms with Gasteiger partial charge in [0.25, 0.3) is 10.0 Å². The fraction of sp³-hybridized carbons (Fsp3) is 0.231. The number of aromatic nitrogens is 2. The van der Waals surface area contributed by atoms with Crippen LogP contribution in [0.1, 0.15) is 16.7 Å². The Morgan fingerprint density at radius 1 is 1.35 bits per heavy atom. The van der Waals surface area contributed by atoms with E-state index in [1.807, 2.05) is 13.0 Å². The Hall–Kier alpha value is -2.15. The third-order valence-corrected chi connectivity index (χ3v) is 4.11. The van der Waals surface area contributed by atoms with Crippen LogP contribution in [0.25, 0.3) is 0 Å². The first-order chi connectivity index (χ1) is 9.38. The predicted molar refractivity (Wildman–Crippen MR) is 77.0 cm³/mol. The van der Waals surface area contributed by atoms with Crippen LogP contribution in [0.4, 0.5) is 0 Å². The predicted octanol–water partition coefficient (Wildman–Crippen LogP) is 1.35. The van der Waals surface area contributed by atoms with Gasteiger partial charge in [-0.2, -0.15) is 18.6 Å². The van der Waals surface area contributed by atoms with Crippen molar-refractivity contribution in [1.29, 1.82) is 0 Å². The second-order valence-corrected chi connectivity index (χ2v) is 6.20. The summed E-state index contributed by atoms with van der Waals surface area (Å²) in [5, 5.41) is 7.72. The van der Waals surface area contributed by atoms with Crippen LogP contribution < -0.4 is 4.83 Å². The number of sulfonamides is 1. The molecule has 1 N–H and O–H groups in total. The third kappa shape index (κ3) is 3.24. The van der Waals surface area contributed by atoms with E-state index in [4.69, 9.17) is 0 Å². The van der Waals surface area contributed by atoms with Crippen molar-refractivity contribution >= 4 is 16.2 Å². The van der Waals surface area contributed by atoms with Gasteiger partial charge in [0.2, 0.25) is 0 Å². The molecule has 2 rings (SSSR count). The van der Waals surface area contributed by atoms with Crippen molar-refractivity contribution in [2.45, 2.75) is 18.7 Å². The summed E-state index contributed by atoms with van der Waals surface area (Å²) in [6.07, 6.45) is 4.74. The molecule has 1 heterocycles. The minimum atomic E-state index is -3.65. The smallest absolute Gasteiger partial charge is 0.275 e. The minimum absolute atomic E-state index is 0.237. The van der Waals surface area contributed by atoms with Crippen LogP contribution in [-0.2, 0) is 17.1 Å². The maximum Gasteiger partial charge on any atom is 0.276 e. The quantitative estimate of drug-likeness (QED) is 0.682. The van der Waals surface area contributed by atoms with E-state index in [-0.39, 0.29) is 4.90 Å². The number of benzene rings is 1. The number of hydrazone groups is 1. The molecular formula is C13H16N4O2S. The van der Waals surface area contributed by atoms with E-state index in [1.165, 1.54) is 6.21 Å². The van der Waals surface area contributed by atoms with Gasteiger partial charge in [-0.3, -0.25) is 4.68 Å². The zero-order chi connectivity index (χ0) is 14.8. The van der Waals surface area contributed by atoms with Crippen LogP contribution in [-0.4, -0.2) is 24.4 Å². The van der Waals surface area contributed by atoms with E-state index in [1.54, 1.807) is 43.2 Å². The third-order valence-electron chi connectivity index (χ3n) is 2.74. The molecule has 1 aromatic carbocycles. The maximum atomic E-state index is 12.2. The molecule has 0 saturated heterocycles. The monoisotopic (exact) mass is 292 g/mol.